The fourth-order valence-electron chi connectivity index (χ4n) is 1.97. The van der Waals surface area contributed by atoms with Gasteiger partial charge in [-0.25, -0.2) is 0 Å². The second-order valence-corrected chi connectivity index (χ2v) is 4.29. The van der Waals surface area contributed by atoms with Gasteiger partial charge in [0.1, 0.15) is 23.1 Å². The highest BCUT2D eigenvalue weighted by Gasteiger charge is 2.14. The average molecular weight is 240 g/mol. The molecular formula is C14H16N4. The Bertz CT molecular complexity index is 587. The molecule has 1 aromatic carbocycles. The van der Waals surface area contributed by atoms with Crippen molar-refractivity contribution in [2.24, 2.45) is 7.05 Å². The van der Waals surface area contributed by atoms with Gasteiger partial charge in [-0.1, -0.05) is 37.6 Å². The molecule has 1 heterocycles. The molecule has 0 atom stereocenters. The lowest BCUT2D eigenvalue weighted by atomic mass is 10.0. The number of aromatic nitrogens is 2. The summed E-state index contributed by atoms with van der Waals surface area (Å²) in [5.41, 5.74) is 9.13. The summed E-state index contributed by atoms with van der Waals surface area (Å²) in [7, 11) is 1.74. The van der Waals surface area contributed by atoms with Crippen LogP contribution in [-0.4, -0.2) is 9.78 Å². The summed E-state index contributed by atoms with van der Waals surface area (Å²) in [6.07, 6.45) is 2.19. The zero-order valence-electron chi connectivity index (χ0n) is 10.6. The molecule has 2 rings (SSSR count). The summed E-state index contributed by atoms with van der Waals surface area (Å²) in [6, 6.07) is 10.3. The van der Waals surface area contributed by atoms with Crippen LogP contribution in [0, 0.1) is 11.3 Å². The Morgan fingerprint density at radius 1 is 1.33 bits per heavy atom. The molecule has 0 aliphatic heterocycles. The largest absolute Gasteiger partial charge is 0.383 e. The maximum absolute atomic E-state index is 9.13. The maximum Gasteiger partial charge on any atom is 0.140 e. The maximum atomic E-state index is 9.13. The molecule has 4 nitrogen and oxygen atoms in total. The first kappa shape index (κ1) is 12.2. The van der Waals surface area contributed by atoms with Gasteiger partial charge in [-0.3, -0.25) is 4.68 Å². The van der Waals surface area contributed by atoms with E-state index < -0.39 is 0 Å². The molecule has 0 aliphatic carbocycles. The number of anilines is 1. The van der Waals surface area contributed by atoms with Gasteiger partial charge in [0.25, 0.3) is 0 Å². The quantitative estimate of drug-likeness (QED) is 0.896. The van der Waals surface area contributed by atoms with Gasteiger partial charge in [-0.05, 0) is 12.0 Å². The predicted molar refractivity (Wildman–Crippen MR) is 71.8 cm³/mol. The van der Waals surface area contributed by atoms with Crippen LogP contribution >= 0.6 is 0 Å². The highest BCUT2D eigenvalue weighted by Crippen LogP contribution is 2.26. The molecular weight excluding hydrogens is 224 g/mol. The molecule has 0 spiro atoms. The average Bonchev–Trinajstić information content (AvgIpc) is 2.67. The number of hydrogen-bond acceptors (Lipinski definition) is 3. The van der Waals surface area contributed by atoms with Crippen molar-refractivity contribution in [2.45, 2.75) is 19.8 Å². The zero-order chi connectivity index (χ0) is 13.1. The molecule has 0 saturated heterocycles. The first-order chi connectivity index (χ1) is 8.67. The highest BCUT2D eigenvalue weighted by molar-refractivity contribution is 5.72. The topological polar surface area (TPSA) is 67.6 Å². The van der Waals surface area contributed by atoms with E-state index in [0.29, 0.717) is 17.1 Å². The Morgan fingerprint density at radius 2 is 2.00 bits per heavy atom. The minimum atomic E-state index is 0.408. The molecule has 0 radical (unpaired) electrons. The minimum absolute atomic E-state index is 0.408. The van der Waals surface area contributed by atoms with Gasteiger partial charge in [-0.2, -0.15) is 10.4 Å². The molecule has 0 amide bonds. The van der Waals surface area contributed by atoms with Crippen molar-refractivity contribution in [3.05, 3.63) is 35.4 Å². The summed E-state index contributed by atoms with van der Waals surface area (Å²) >= 11 is 0. The molecule has 0 aliphatic rings. The van der Waals surface area contributed by atoms with Crippen molar-refractivity contribution in [1.82, 2.24) is 9.78 Å². The number of benzene rings is 1. The van der Waals surface area contributed by atoms with Crippen LogP contribution in [0.4, 0.5) is 5.82 Å². The van der Waals surface area contributed by atoms with Crippen molar-refractivity contribution in [3.8, 4) is 17.3 Å². The third kappa shape index (κ3) is 2.07. The molecule has 2 aromatic rings. The molecule has 0 saturated carbocycles. The van der Waals surface area contributed by atoms with E-state index in [2.05, 4.69) is 30.2 Å². The Balaban J connectivity index is 2.43. The Kier molecular flexibility index (Phi) is 3.33. The van der Waals surface area contributed by atoms with Crippen molar-refractivity contribution in [3.63, 3.8) is 0 Å². The normalized spacial score (nSPS) is 10.3. The van der Waals surface area contributed by atoms with E-state index in [9.17, 15) is 0 Å². The van der Waals surface area contributed by atoms with Crippen molar-refractivity contribution in [1.29, 1.82) is 5.26 Å². The number of aryl methyl sites for hydroxylation is 2. The third-order valence-corrected chi connectivity index (χ3v) is 2.97. The van der Waals surface area contributed by atoms with E-state index >= 15 is 0 Å². The smallest absolute Gasteiger partial charge is 0.140 e. The molecule has 0 unspecified atom stereocenters. The van der Waals surface area contributed by atoms with Crippen LogP contribution in [-0.2, 0) is 13.5 Å². The number of hydrogen-bond donors (Lipinski definition) is 1. The standard InChI is InChI=1S/C14H16N4/c1-3-4-10-5-7-11(8-6-10)13-12(9-15)14(16)18(2)17-13/h5-8H,3-4,16H2,1-2H3. The lowest BCUT2D eigenvalue weighted by molar-refractivity contribution is 0.782. The van der Waals surface area contributed by atoms with Gasteiger partial charge in [0.2, 0.25) is 0 Å². The van der Waals surface area contributed by atoms with Gasteiger partial charge in [0, 0.05) is 12.6 Å². The minimum Gasteiger partial charge on any atom is -0.383 e. The van der Waals surface area contributed by atoms with Crippen molar-refractivity contribution >= 4 is 5.82 Å². The van der Waals surface area contributed by atoms with Crippen LogP contribution in [0.15, 0.2) is 24.3 Å². The van der Waals surface area contributed by atoms with E-state index in [-0.39, 0.29) is 0 Å². The molecule has 2 N–H and O–H groups in total. The molecule has 4 heteroatoms. The van der Waals surface area contributed by atoms with Crippen LogP contribution < -0.4 is 5.73 Å². The summed E-state index contributed by atoms with van der Waals surface area (Å²) in [6.45, 7) is 2.15. The number of nitrogens with zero attached hydrogens (tertiary/aromatic N) is 3. The van der Waals surface area contributed by atoms with Crippen molar-refractivity contribution < 1.29 is 0 Å². The second kappa shape index (κ2) is 4.92. The molecule has 0 fully saturated rings. The molecule has 18 heavy (non-hydrogen) atoms. The van der Waals surface area contributed by atoms with Gasteiger partial charge in [0.05, 0.1) is 0 Å². The number of nitrogens with two attached hydrogens (primary N) is 1. The summed E-state index contributed by atoms with van der Waals surface area (Å²) in [4.78, 5) is 0. The summed E-state index contributed by atoms with van der Waals surface area (Å²) in [5.74, 6) is 0.408. The number of rotatable bonds is 3. The number of nitriles is 1. The molecule has 1 aromatic heterocycles. The first-order valence-corrected chi connectivity index (χ1v) is 5.99. The number of nitrogen functional groups attached to an aromatic ring is 1. The van der Waals surface area contributed by atoms with E-state index in [4.69, 9.17) is 11.0 Å². The Morgan fingerprint density at radius 3 is 2.56 bits per heavy atom. The SMILES string of the molecule is CCCc1ccc(-c2nn(C)c(N)c2C#N)cc1. The van der Waals surface area contributed by atoms with Crippen LogP contribution in [0.2, 0.25) is 0 Å². The molecule has 92 valence electrons. The van der Waals surface area contributed by atoms with Gasteiger partial charge in [0.15, 0.2) is 0 Å². The van der Waals surface area contributed by atoms with Crippen LogP contribution in [0.3, 0.4) is 0 Å². The first-order valence-electron chi connectivity index (χ1n) is 5.99. The van der Waals surface area contributed by atoms with Crippen LogP contribution in [0.5, 0.6) is 0 Å². The molecule has 0 bridgehead atoms. The van der Waals surface area contributed by atoms with E-state index in [1.54, 1.807) is 7.05 Å². The fraction of sp³-hybridized carbons (Fsp3) is 0.286. The fourth-order valence-corrected chi connectivity index (χ4v) is 1.97. The third-order valence-electron chi connectivity index (χ3n) is 2.97. The van der Waals surface area contributed by atoms with E-state index in [1.165, 1.54) is 10.2 Å². The van der Waals surface area contributed by atoms with Crippen molar-refractivity contribution in [2.75, 3.05) is 5.73 Å². The van der Waals surface area contributed by atoms with Crippen LogP contribution in [0.1, 0.15) is 24.5 Å². The second-order valence-electron chi connectivity index (χ2n) is 4.29. The van der Waals surface area contributed by atoms with Gasteiger partial charge < -0.3 is 5.73 Å². The van der Waals surface area contributed by atoms with E-state index in [1.807, 2.05) is 12.1 Å². The van der Waals surface area contributed by atoms with E-state index in [0.717, 1.165) is 18.4 Å². The lowest BCUT2D eigenvalue weighted by Gasteiger charge is -2.01. The van der Waals surface area contributed by atoms with Crippen LogP contribution in [0.25, 0.3) is 11.3 Å². The Hall–Kier alpha value is -2.28. The monoisotopic (exact) mass is 240 g/mol. The van der Waals surface area contributed by atoms with Gasteiger partial charge >= 0.3 is 0 Å². The highest BCUT2D eigenvalue weighted by atomic mass is 15.3. The lowest BCUT2D eigenvalue weighted by Crippen LogP contribution is -1.97. The van der Waals surface area contributed by atoms with Gasteiger partial charge in [-0.15, -0.1) is 0 Å². The summed E-state index contributed by atoms with van der Waals surface area (Å²) < 4.78 is 1.54. The zero-order valence-corrected chi connectivity index (χ0v) is 10.6. The summed E-state index contributed by atoms with van der Waals surface area (Å²) in [5, 5.41) is 13.4. The predicted octanol–water partition coefficient (Wildman–Crippen LogP) is 2.49. The Labute approximate surface area is 107 Å².